The molecule has 4 aromatic carbocycles. The van der Waals surface area contributed by atoms with Gasteiger partial charge in [-0.25, -0.2) is 14.0 Å². The van der Waals surface area contributed by atoms with Crippen molar-refractivity contribution < 1.29 is 23.4 Å². The van der Waals surface area contributed by atoms with Crippen LogP contribution in [0.2, 0.25) is 10.0 Å². The van der Waals surface area contributed by atoms with Crippen molar-refractivity contribution in [1.82, 2.24) is 14.7 Å². The van der Waals surface area contributed by atoms with E-state index in [1.54, 1.807) is 30.5 Å². The normalized spacial score (nSPS) is 14.5. The van der Waals surface area contributed by atoms with E-state index in [2.05, 4.69) is 4.98 Å². The number of nitrogens with one attached hydrogen (secondary N) is 2. The number of aromatic nitrogens is 2. The molecule has 1 atom stereocenters. The van der Waals surface area contributed by atoms with Crippen molar-refractivity contribution in [1.29, 1.82) is 0 Å². The number of imidazole rings is 1. The number of H-pyrrole nitrogens is 1. The smallest absolute Gasteiger partial charge is 0.330 e. The zero-order valence-corrected chi connectivity index (χ0v) is 25.8. The number of aliphatic hydroxyl groups excluding tert-OH is 1. The SMILES string of the molecule is O=C(O)CCc1ccc(-c2ccc(C(c3ccc(N4C=C(O)NS4(=O)=O)cc3)c3ncc(-c4ccc(Cl)cc4Cl)[nH]3)cc2)cc1. The predicted molar refractivity (Wildman–Crippen MR) is 175 cm³/mol. The van der Waals surface area contributed by atoms with Gasteiger partial charge in [0.1, 0.15) is 5.82 Å². The van der Waals surface area contributed by atoms with Crippen LogP contribution in [-0.4, -0.2) is 34.6 Å². The number of aromatic amines is 1. The van der Waals surface area contributed by atoms with Crippen LogP contribution in [0, 0.1) is 0 Å². The van der Waals surface area contributed by atoms with Crippen LogP contribution in [0.3, 0.4) is 0 Å². The number of aliphatic hydroxyl groups is 1. The standard InChI is InChI=1S/C33H26Cl2N4O5S/c34-25-12-15-27(28(35)17-25)29-18-36-33(37-29)32(24-10-13-26(14-11-24)39-19-30(40)38-45(39,43)44)23-8-6-22(7-9-23)21-4-1-20(2-5-21)3-16-31(41)42/h1-2,4-15,17-19,32,38,40H,3,16H2,(H,36,37)(H,41,42). The molecule has 0 saturated heterocycles. The number of carboxylic acids is 1. The number of aryl methyl sites for hydroxylation is 1. The van der Waals surface area contributed by atoms with Crippen molar-refractivity contribution in [2.24, 2.45) is 0 Å². The van der Waals surface area contributed by atoms with Crippen molar-refractivity contribution in [2.45, 2.75) is 18.8 Å². The minimum Gasteiger partial charge on any atom is -0.493 e. The first kappa shape index (κ1) is 30.3. The number of halogens is 2. The molecular formula is C33H26Cl2N4O5S. The van der Waals surface area contributed by atoms with Gasteiger partial charge in [-0.05, 0) is 64.6 Å². The molecule has 9 nitrogen and oxygen atoms in total. The van der Waals surface area contributed by atoms with E-state index in [1.165, 1.54) is 0 Å². The van der Waals surface area contributed by atoms with Crippen molar-refractivity contribution >= 4 is 45.1 Å². The maximum absolute atomic E-state index is 12.4. The second kappa shape index (κ2) is 12.3. The number of anilines is 1. The van der Waals surface area contributed by atoms with Crippen LogP contribution >= 0.6 is 23.2 Å². The lowest BCUT2D eigenvalue weighted by molar-refractivity contribution is -0.136. The maximum atomic E-state index is 12.4. The minimum atomic E-state index is -3.93. The summed E-state index contributed by atoms with van der Waals surface area (Å²) in [5, 5.41) is 19.7. The number of rotatable bonds is 9. The van der Waals surface area contributed by atoms with Gasteiger partial charge in [0.05, 0.1) is 34.7 Å². The Labute approximate surface area is 269 Å². The highest BCUT2D eigenvalue weighted by Crippen LogP contribution is 2.36. The molecule has 4 N–H and O–H groups in total. The first-order chi connectivity index (χ1) is 21.6. The van der Waals surface area contributed by atoms with Gasteiger partial charge in [-0.15, -0.1) is 0 Å². The quantitative estimate of drug-likeness (QED) is 0.131. The van der Waals surface area contributed by atoms with E-state index in [0.717, 1.165) is 43.9 Å². The molecule has 1 aliphatic heterocycles. The van der Waals surface area contributed by atoms with E-state index in [1.807, 2.05) is 71.5 Å². The fraction of sp³-hybridized carbons (Fsp3) is 0.0909. The molecule has 0 spiro atoms. The van der Waals surface area contributed by atoms with Gasteiger partial charge in [0.15, 0.2) is 0 Å². The molecule has 0 fully saturated rings. The highest BCUT2D eigenvalue weighted by atomic mass is 35.5. The zero-order valence-electron chi connectivity index (χ0n) is 23.5. The topological polar surface area (TPSA) is 136 Å². The summed E-state index contributed by atoms with van der Waals surface area (Å²) in [5.41, 5.74) is 6.52. The van der Waals surface area contributed by atoms with Crippen LogP contribution in [0.4, 0.5) is 5.69 Å². The molecule has 0 saturated carbocycles. The fourth-order valence-electron chi connectivity index (χ4n) is 5.23. The Morgan fingerprint density at radius 3 is 2.09 bits per heavy atom. The number of aliphatic carboxylic acids is 1. The Morgan fingerprint density at radius 1 is 0.889 bits per heavy atom. The average Bonchev–Trinajstić information content (AvgIpc) is 3.60. The van der Waals surface area contributed by atoms with Gasteiger partial charge in [-0.3, -0.25) is 4.79 Å². The molecule has 45 heavy (non-hydrogen) atoms. The summed E-state index contributed by atoms with van der Waals surface area (Å²) in [5.74, 6) is -1.00. The van der Waals surface area contributed by atoms with E-state index < -0.39 is 22.1 Å². The van der Waals surface area contributed by atoms with Crippen molar-refractivity contribution in [3.63, 3.8) is 0 Å². The maximum Gasteiger partial charge on any atom is 0.330 e. The third-order valence-electron chi connectivity index (χ3n) is 7.46. The van der Waals surface area contributed by atoms with Gasteiger partial charge in [-0.2, -0.15) is 8.42 Å². The van der Waals surface area contributed by atoms with Crippen LogP contribution in [0.1, 0.15) is 34.9 Å². The molecule has 0 bridgehead atoms. The molecule has 0 amide bonds. The van der Waals surface area contributed by atoms with Gasteiger partial charge < -0.3 is 15.2 Å². The van der Waals surface area contributed by atoms with Crippen LogP contribution in [0.5, 0.6) is 0 Å². The Hall–Kier alpha value is -4.77. The van der Waals surface area contributed by atoms with Crippen LogP contribution < -0.4 is 9.03 Å². The highest BCUT2D eigenvalue weighted by molar-refractivity contribution is 7.91. The lowest BCUT2D eigenvalue weighted by Gasteiger charge is -2.19. The number of hydrogen-bond acceptors (Lipinski definition) is 5. The fourth-order valence-corrected chi connectivity index (χ4v) is 6.80. The van der Waals surface area contributed by atoms with E-state index in [4.69, 9.17) is 33.3 Å². The summed E-state index contributed by atoms with van der Waals surface area (Å²) in [6.07, 6.45) is 3.37. The molecule has 5 aromatic rings. The summed E-state index contributed by atoms with van der Waals surface area (Å²) in [7, 11) is -3.93. The van der Waals surface area contributed by atoms with E-state index in [-0.39, 0.29) is 12.3 Å². The van der Waals surface area contributed by atoms with Gasteiger partial charge in [0.2, 0.25) is 5.88 Å². The number of carbonyl (C=O) groups is 1. The molecule has 2 heterocycles. The predicted octanol–water partition coefficient (Wildman–Crippen LogP) is 7.26. The first-order valence-electron chi connectivity index (χ1n) is 13.8. The van der Waals surface area contributed by atoms with E-state index in [0.29, 0.717) is 33.7 Å². The lowest BCUT2D eigenvalue weighted by Crippen LogP contribution is -2.29. The molecule has 0 aliphatic carbocycles. The number of carboxylic acid groups (broad SMARTS) is 1. The average molecular weight is 662 g/mol. The van der Waals surface area contributed by atoms with E-state index in [9.17, 15) is 18.3 Å². The summed E-state index contributed by atoms with van der Waals surface area (Å²) in [4.78, 5) is 19.0. The summed E-state index contributed by atoms with van der Waals surface area (Å²) in [6, 6.07) is 28.1. The van der Waals surface area contributed by atoms with Gasteiger partial charge in [0, 0.05) is 17.0 Å². The Balaban J connectivity index is 1.35. The molecule has 6 rings (SSSR count). The third-order valence-corrected chi connectivity index (χ3v) is 9.31. The second-order valence-corrected chi connectivity index (χ2v) is 12.9. The second-order valence-electron chi connectivity index (χ2n) is 10.5. The molecule has 1 unspecified atom stereocenters. The Morgan fingerprint density at radius 2 is 1.51 bits per heavy atom. The first-order valence-corrected chi connectivity index (χ1v) is 16.0. The molecule has 1 aliphatic rings. The zero-order chi connectivity index (χ0) is 31.7. The summed E-state index contributed by atoms with van der Waals surface area (Å²) in [6.45, 7) is 0. The number of benzene rings is 4. The van der Waals surface area contributed by atoms with Crippen LogP contribution in [-0.2, 0) is 21.4 Å². The summed E-state index contributed by atoms with van der Waals surface area (Å²) >= 11 is 12.6. The van der Waals surface area contributed by atoms with Gasteiger partial charge in [0.25, 0.3) is 0 Å². The Bertz CT molecular complexity index is 2010. The highest BCUT2D eigenvalue weighted by Gasteiger charge is 2.29. The van der Waals surface area contributed by atoms with Crippen molar-refractivity contribution in [2.75, 3.05) is 4.31 Å². The minimum absolute atomic E-state index is 0.0824. The molecule has 228 valence electrons. The molecule has 1 aromatic heterocycles. The number of hydrogen-bond donors (Lipinski definition) is 4. The Kier molecular flexibility index (Phi) is 8.28. The van der Waals surface area contributed by atoms with Crippen molar-refractivity contribution in [3.8, 4) is 22.4 Å². The van der Waals surface area contributed by atoms with Crippen LogP contribution in [0.25, 0.3) is 22.4 Å². The van der Waals surface area contributed by atoms with E-state index >= 15 is 0 Å². The van der Waals surface area contributed by atoms with Crippen molar-refractivity contribution in [3.05, 3.63) is 142 Å². The third kappa shape index (κ3) is 6.53. The summed E-state index contributed by atoms with van der Waals surface area (Å²) < 4.78 is 27.8. The number of nitrogens with zero attached hydrogens (tertiary/aromatic N) is 2. The lowest BCUT2D eigenvalue weighted by atomic mass is 9.89. The van der Waals surface area contributed by atoms with Gasteiger partial charge >= 0.3 is 16.2 Å². The van der Waals surface area contributed by atoms with Crippen LogP contribution in [0.15, 0.2) is 109 Å². The molecule has 12 heteroatoms. The molecule has 0 radical (unpaired) electrons. The largest absolute Gasteiger partial charge is 0.493 e. The molecular weight excluding hydrogens is 635 g/mol. The monoisotopic (exact) mass is 660 g/mol. The van der Waals surface area contributed by atoms with Gasteiger partial charge in [-0.1, -0.05) is 83.9 Å².